The molecule has 0 atom stereocenters. The third kappa shape index (κ3) is 3.01. The zero-order valence-electron chi connectivity index (χ0n) is 9.26. The quantitative estimate of drug-likeness (QED) is 0.763. The second kappa shape index (κ2) is 5.39. The van der Waals surface area contributed by atoms with Crippen LogP contribution in [0.3, 0.4) is 0 Å². The molecule has 1 aromatic rings. The molecule has 0 bridgehead atoms. The summed E-state index contributed by atoms with van der Waals surface area (Å²) in [6.07, 6.45) is 5.18. The van der Waals surface area contributed by atoms with Gasteiger partial charge in [-0.25, -0.2) is 8.78 Å². The van der Waals surface area contributed by atoms with E-state index in [4.69, 9.17) is 0 Å². The topological polar surface area (TPSA) is 3.24 Å². The number of halogens is 2. The molecule has 0 aromatic heterocycles. The fourth-order valence-corrected chi connectivity index (χ4v) is 2.03. The van der Waals surface area contributed by atoms with Crippen molar-refractivity contribution in [2.24, 2.45) is 0 Å². The Morgan fingerprint density at radius 1 is 1.12 bits per heavy atom. The fraction of sp³-hybridized carbons (Fsp3) is 0.462. The molecular weight excluding hydrogens is 208 g/mol. The van der Waals surface area contributed by atoms with Gasteiger partial charge in [-0.1, -0.05) is 6.07 Å². The Kier molecular flexibility index (Phi) is 3.88. The van der Waals surface area contributed by atoms with Gasteiger partial charge in [0.25, 0.3) is 0 Å². The molecule has 0 N–H and O–H groups in total. The summed E-state index contributed by atoms with van der Waals surface area (Å²) in [7, 11) is 0. The highest BCUT2D eigenvalue weighted by Crippen LogP contribution is 2.13. The molecule has 1 aliphatic rings. The molecule has 16 heavy (non-hydrogen) atoms. The third-order valence-electron chi connectivity index (χ3n) is 3.01. The first kappa shape index (κ1) is 11.5. The maximum Gasteiger partial charge on any atom is 0.129 e. The number of hydrogen-bond acceptors (Lipinski definition) is 1. The van der Waals surface area contributed by atoms with Gasteiger partial charge in [-0.2, -0.15) is 0 Å². The normalized spacial score (nSPS) is 17.6. The predicted molar refractivity (Wildman–Crippen MR) is 60.0 cm³/mol. The fourth-order valence-electron chi connectivity index (χ4n) is 2.03. The maximum absolute atomic E-state index is 13.3. The van der Waals surface area contributed by atoms with Crippen molar-refractivity contribution < 1.29 is 8.78 Å². The minimum atomic E-state index is -0.506. The third-order valence-corrected chi connectivity index (χ3v) is 3.01. The standard InChI is InChI=1S/C13H16F2N/c14-12-5-4-11(13(15)10-12)6-9-16-7-2-1-3-8-16/h1,4-5,10H,2-3,6-9H2. The summed E-state index contributed by atoms with van der Waals surface area (Å²) in [4.78, 5) is 2.32. The van der Waals surface area contributed by atoms with Crippen molar-refractivity contribution in [2.45, 2.75) is 19.3 Å². The first-order valence-corrected chi connectivity index (χ1v) is 5.73. The van der Waals surface area contributed by atoms with E-state index >= 15 is 0 Å². The summed E-state index contributed by atoms with van der Waals surface area (Å²) >= 11 is 0. The van der Waals surface area contributed by atoms with Crippen LogP contribution in [0.4, 0.5) is 8.78 Å². The molecule has 0 aliphatic carbocycles. The summed E-state index contributed by atoms with van der Waals surface area (Å²) in [5, 5.41) is 0. The second-order valence-corrected chi connectivity index (χ2v) is 4.19. The Labute approximate surface area is 95.1 Å². The molecule has 1 nitrogen and oxygen atoms in total. The van der Waals surface area contributed by atoms with Crippen LogP contribution in [0.15, 0.2) is 18.2 Å². The van der Waals surface area contributed by atoms with Crippen molar-refractivity contribution in [2.75, 3.05) is 19.6 Å². The molecule has 0 saturated carbocycles. The van der Waals surface area contributed by atoms with Crippen LogP contribution in [0.25, 0.3) is 0 Å². The van der Waals surface area contributed by atoms with Crippen LogP contribution >= 0.6 is 0 Å². The van der Waals surface area contributed by atoms with Crippen LogP contribution in [0.1, 0.15) is 18.4 Å². The van der Waals surface area contributed by atoms with E-state index in [9.17, 15) is 8.78 Å². The zero-order valence-corrected chi connectivity index (χ0v) is 9.26. The van der Waals surface area contributed by atoms with Crippen molar-refractivity contribution in [3.8, 4) is 0 Å². The second-order valence-electron chi connectivity index (χ2n) is 4.19. The molecule has 1 heterocycles. The molecule has 87 valence electrons. The van der Waals surface area contributed by atoms with E-state index in [0.717, 1.165) is 38.5 Å². The molecule has 2 rings (SSSR count). The SMILES string of the molecule is Fc1ccc(CCN2CC[CH]CC2)c(F)c1. The molecule has 1 fully saturated rings. The minimum Gasteiger partial charge on any atom is -0.303 e. The lowest BCUT2D eigenvalue weighted by Crippen LogP contribution is -2.31. The maximum atomic E-state index is 13.3. The lowest BCUT2D eigenvalue weighted by molar-refractivity contribution is 0.256. The molecule has 1 aliphatic heterocycles. The molecule has 0 unspecified atom stereocenters. The summed E-state index contributed by atoms with van der Waals surface area (Å²) in [5.41, 5.74) is 0.607. The Morgan fingerprint density at radius 3 is 2.56 bits per heavy atom. The van der Waals surface area contributed by atoms with Crippen LogP contribution in [0.2, 0.25) is 0 Å². The lowest BCUT2D eigenvalue weighted by Gasteiger charge is -2.26. The zero-order chi connectivity index (χ0) is 11.4. The molecule has 1 radical (unpaired) electrons. The molecule has 0 spiro atoms. The van der Waals surface area contributed by atoms with Gasteiger partial charge < -0.3 is 4.90 Å². The van der Waals surface area contributed by atoms with Crippen molar-refractivity contribution in [1.29, 1.82) is 0 Å². The van der Waals surface area contributed by atoms with Gasteiger partial charge in [-0.3, -0.25) is 0 Å². The highest BCUT2D eigenvalue weighted by atomic mass is 19.1. The van der Waals surface area contributed by atoms with Crippen LogP contribution < -0.4 is 0 Å². The van der Waals surface area contributed by atoms with Gasteiger partial charge >= 0.3 is 0 Å². The average molecular weight is 224 g/mol. The first-order valence-electron chi connectivity index (χ1n) is 5.73. The first-order chi connectivity index (χ1) is 7.75. The number of nitrogens with zero attached hydrogens (tertiary/aromatic N) is 1. The number of hydrogen-bond donors (Lipinski definition) is 0. The molecule has 1 saturated heterocycles. The van der Waals surface area contributed by atoms with Crippen molar-refractivity contribution in [1.82, 2.24) is 4.90 Å². The average Bonchev–Trinajstić information content (AvgIpc) is 2.29. The largest absolute Gasteiger partial charge is 0.303 e. The highest BCUT2D eigenvalue weighted by Gasteiger charge is 2.11. The van der Waals surface area contributed by atoms with Crippen molar-refractivity contribution in [3.63, 3.8) is 0 Å². The summed E-state index contributed by atoms with van der Waals surface area (Å²) < 4.78 is 26.0. The highest BCUT2D eigenvalue weighted by molar-refractivity contribution is 5.18. The molecule has 0 amide bonds. The van der Waals surface area contributed by atoms with E-state index in [2.05, 4.69) is 11.3 Å². The lowest BCUT2D eigenvalue weighted by atomic mass is 10.1. The summed E-state index contributed by atoms with van der Waals surface area (Å²) in [6, 6.07) is 3.82. The van der Waals surface area contributed by atoms with Crippen LogP contribution in [-0.4, -0.2) is 24.5 Å². The van der Waals surface area contributed by atoms with Crippen LogP contribution in [0.5, 0.6) is 0 Å². The summed E-state index contributed by atoms with van der Waals surface area (Å²) in [5.74, 6) is -0.933. The Hall–Kier alpha value is -0.960. The number of piperidine rings is 1. The van der Waals surface area contributed by atoms with Crippen LogP contribution in [-0.2, 0) is 6.42 Å². The van der Waals surface area contributed by atoms with Gasteiger partial charge in [0.1, 0.15) is 11.6 Å². The van der Waals surface area contributed by atoms with E-state index in [1.807, 2.05) is 0 Å². The number of likely N-dealkylation sites (tertiary alicyclic amines) is 1. The molecular formula is C13H16F2N. The predicted octanol–water partition coefficient (Wildman–Crippen LogP) is 2.81. The van der Waals surface area contributed by atoms with E-state index in [-0.39, 0.29) is 0 Å². The smallest absolute Gasteiger partial charge is 0.129 e. The van der Waals surface area contributed by atoms with Crippen LogP contribution in [0, 0.1) is 18.1 Å². The number of benzene rings is 1. The van der Waals surface area contributed by atoms with Crippen molar-refractivity contribution in [3.05, 3.63) is 41.8 Å². The van der Waals surface area contributed by atoms with Gasteiger partial charge in [0.2, 0.25) is 0 Å². The van der Waals surface area contributed by atoms with Gasteiger partial charge in [-0.05, 0) is 50.4 Å². The van der Waals surface area contributed by atoms with Gasteiger partial charge in [-0.15, -0.1) is 0 Å². The van der Waals surface area contributed by atoms with Crippen molar-refractivity contribution >= 4 is 0 Å². The minimum absolute atomic E-state index is 0.427. The Bertz CT molecular complexity index is 346. The summed E-state index contributed by atoms with van der Waals surface area (Å²) in [6.45, 7) is 2.97. The Morgan fingerprint density at radius 2 is 1.88 bits per heavy atom. The van der Waals surface area contributed by atoms with Gasteiger partial charge in [0, 0.05) is 12.6 Å². The van der Waals surface area contributed by atoms with E-state index in [1.165, 1.54) is 6.07 Å². The molecule has 3 heteroatoms. The monoisotopic (exact) mass is 224 g/mol. The Balaban J connectivity index is 1.88. The van der Waals surface area contributed by atoms with Gasteiger partial charge in [0.05, 0.1) is 0 Å². The number of rotatable bonds is 3. The van der Waals surface area contributed by atoms with Gasteiger partial charge in [0.15, 0.2) is 0 Å². The van der Waals surface area contributed by atoms with E-state index in [0.29, 0.717) is 12.0 Å². The molecule has 1 aromatic carbocycles. The van der Waals surface area contributed by atoms with E-state index < -0.39 is 11.6 Å². The van der Waals surface area contributed by atoms with E-state index in [1.54, 1.807) is 6.07 Å².